The number of thiazole rings is 1. The normalized spacial score (nSPS) is 11.8. The summed E-state index contributed by atoms with van der Waals surface area (Å²) >= 11 is 0.917. The lowest BCUT2D eigenvalue weighted by molar-refractivity contribution is -0.118. The largest absolute Gasteiger partial charge is 0.382 e. The van der Waals surface area contributed by atoms with Crippen molar-refractivity contribution in [3.63, 3.8) is 0 Å². The topological polar surface area (TPSA) is 115 Å². The molecule has 144 valence electrons. The van der Waals surface area contributed by atoms with Gasteiger partial charge in [-0.1, -0.05) is 11.3 Å². The van der Waals surface area contributed by atoms with Gasteiger partial charge in [0.05, 0.1) is 0 Å². The number of benzene rings is 1. The van der Waals surface area contributed by atoms with Crippen molar-refractivity contribution in [3.05, 3.63) is 64.8 Å². The average Bonchev–Trinajstić information content (AvgIpc) is 3.05. The lowest BCUT2D eigenvalue weighted by Gasteiger charge is -2.26. The molecule has 1 atom stereocenters. The molecule has 0 fully saturated rings. The fourth-order valence-corrected chi connectivity index (χ4v) is 3.53. The molecule has 1 aromatic carbocycles. The van der Waals surface area contributed by atoms with Crippen LogP contribution in [0.1, 0.15) is 22.2 Å². The Morgan fingerprint density at radius 3 is 2.43 bits per heavy atom. The van der Waals surface area contributed by atoms with Crippen LogP contribution in [0.2, 0.25) is 0 Å². The number of pyridine rings is 1. The number of nitrogen functional groups attached to an aromatic ring is 1. The highest BCUT2D eigenvalue weighted by atomic mass is 32.1. The summed E-state index contributed by atoms with van der Waals surface area (Å²) in [6.07, 6.45) is 2.93. The number of carbonyl (C=O) groups excluding carboxylic acids is 2. The van der Waals surface area contributed by atoms with E-state index in [1.54, 1.807) is 0 Å². The van der Waals surface area contributed by atoms with E-state index in [4.69, 9.17) is 11.5 Å². The Bertz CT molecular complexity index is 1040. The Kier molecular flexibility index (Phi) is 5.32. The van der Waals surface area contributed by atoms with Crippen molar-refractivity contribution in [2.45, 2.75) is 13.0 Å². The van der Waals surface area contributed by atoms with Crippen molar-refractivity contribution in [2.75, 3.05) is 10.6 Å². The van der Waals surface area contributed by atoms with Crippen molar-refractivity contribution >= 4 is 39.7 Å². The summed E-state index contributed by atoms with van der Waals surface area (Å²) in [7, 11) is 0. The maximum atomic E-state index is 13.7. The van der Waals surface area contributed by atoms with Gasteiger partial charge in [-0.3, -0.25) is 14.6 Å². The number of nitrogens with zero attached hydrogens (tertiary/aromatic N) is 3. The van der Waals surface area contributed by atoms with Crippen LogP contribution < -0.4 is 16.4 Å². The van der Waals surface area contributed by atoms with Gasteiger partial charge < -0.3 is 16.4 Å². The number of hydrogen-bond donors (Lipinski definition) is 2. The number of amides is 1. The fourth-order valence-electron chi connectivity index (χ4n) is 2.48. The second kappa shape index (κ2) is 7.69. The number of halogens is 2. The number of anilines is 3. The van der Waals surface area contributed by atoms with E-state index in [0.717, 1.165) is 23.5 Å². The van der Waals surface area contributed by atoms with Gasteiger partial charge in [0.1, 0.15) is 16.7 Å². The molecule has 0 bridgehead atoms. The van der Waals surface area contributed by atoms with E-state index < -0.39 is 23.6 Å². The van der Waals surface area contributed by atoms with Crippen LogP contribution in [0.25, 0.3) is 0 Å². The Morgan fingerprint density at radius 1 is 1.14 bits per heavy atom. The van der Waals surface area contributed by atoms with E-state index in [1.165, 1.54) is 42.4 Å². The van der Waals surface area contributed by atoms with Crippen LogP contribution in [0.15, 0.2) is 42.7 Å². The van der Waals surface area contributed by atoms with E-state index in [-0.39, 0.29) is 27.3 Å². The standard InChI is InChI=1S/C18H15F2N5O2S/c1-9(17(22)27)25(11-2-3-12(19)13(20)8-11)18-24-16(21)15(28-18)14(26)10-4-6-23-7-5-10/h2-9H,21H2,1H3,(H2,22,27)/t9-/m1/s1. The zero-order valence-corrected chi connectivity index (χ0v) is 15.4. The minimum Gasteiger partial charge on any atom is -0.382 e. The third kappa shape index (κ3) is 3.67. The number of hydrogen-bond acceptors (Lipinski definition) is 7. The molecule has 4 N–H and O–H groups in total. The van der Waals surface area contributed by atoms with E-state index >= 15 is 0 Å². The van der Waals surface area contributed by atoms with Crippen LogP contribution in [-0.4, -0.2) is 27.7 Å². The molecule has 0 radical (unpaired) electrons. The molecule has 0 aliphatic carbocycles. The van der Waals surface area contributed by atoms with Crippen LogP contribution in [0, 0.1) is 11.6 Å². The smallest absolute Gasteiger partial charge is 0.240 e. The molecule has 0 aliphatic heterocycles. The Hall–Kier alpha value is -3.40. The monoisotopic (exact) mass is 403 g/mol. The molecular weight excluding hydrogens is 388 g/mol. The Morgan fingerprint density at radius 2 is 1.82 bits per heavy atom. The molecule has 0 saturated heterocycles. The van der Waals surface area contributed by atoms with E-state index in [0.29, 0.717) is 5.56 Å². The molecule has 7 nitrogen and oxygen atoms in total. The highest BCUT2D eigenvalue weighted by molar-refractivity contribution is 7.18. The summed E-state index contributed by atoms with van der Waals surface area (Å²) in [6, 6.07) is 5.21. The maximum absolute atomic E-state index is 13.7. The molecular formula is C18H15F2N5O2S. The molecule has 2 heterocycles. The van der Waals surface area contributed by atoms with Gasteiger partial charge in [0.15, 0.2) is 16.8 Å². The second-order valence-electron chi connectivity index (χ2n) is 5.82. The van der Waals surface area contributed by atoms with Gasteiger partial charge in [-0.15, -0.1) is 0 Å². The first kappa shape index (κ1) is 19.4. The van der Waals surface area contributed by atoms with Crippen molar-refractivity contribution in [3.8, 4) is 0 Å². The number of carbonyl (C=O) groups is 2. The summed E-state index contributed by atoms with van der Waals surface area (Å²) < 4.78 is 27.1. The fraction of sp³-hybridized carbons (Fsp3) is 0.111. The summed E-state index contributed by atoms with van der Waals surface area (Å²) in [5.74, 6) is -3.29. The van der Waals surface area contributed by atoms with Crippen molar-refractivity contribution in [2.24, 2.45) is 5.73 Å². The zero-order valence-electron chi connectivity index (χ0n) is 14.6. The first-order valence-electron chi connectivity index (χ1n) is 8.04. The quantitative estimate of drug-likeness (QED) is 0.612. The van der Waals surface area contributed by atoms with Gasteiger partial charge in [0.2, 0.25) is 11.7 Å². The van der Waals surface area contributed by atoms with E-state index in [1.807, 2.05) is 0 Å². The molecule has 1 amide bonds. The highest BCUT2D eigenvalue weighted by Crippen LogP contribution is 2.36. The molecule has 10 heteroatoms. The molecule has 0 aliphatic rings. The summed E-state index contributed by atoms with van der Waals surface area (Å²) in [6.45, 7) is 1.48. The highest BCUT2D eigenvalue weighted by Gasteiger charge is 2.28. The molecule has 3 rings (SSSR count). The SMILES string of the molecule is C[C@H](C(N)=O)N(c1ccc(F)c(F)c1)c1nc(N)c(C(=O)c2ccncc2)s1. The number of primary amides is 1. The van der Waals surface area contributed by atoms with Crippen LogP contribution in [-0.2, 0) is 4.79 Å². The number of aromatic nitrogens is 2. The van der Waals surface area contributed by atoms with Crippen LogP contribution in [0.5, 0.6) is 0 Å². The summed E-state index contributed by atoms with van der Waals surface area (Å²) in [4.78, 5) is 33.9. The molecule has 3 aromatic rings. The lowest BCUT2D eigenvalue weighted by atomic mass is 10.1. The predicted molar refractivity (Wildman–Crippen MR) is 101 cm³/mol. The second-order valence-corrected chi connectivity index (χ2v) is 6.80. The Labute approximate surface area is 162 Å². The van der Waals surface area contributed by atoms with E-state index in [9.17, 15) is 18.4 Å². The minimum atomic E-state index is -1.10. The van der Waals surface area contributed by atoms with Gasteiger partial charge in [0.25, 0.3) is 0 Å². The molecule has 2 aromatic heterocycles. The van der Waals surface area contributed by atoms with Gasteiger partial charge >= 0.3 is 0 Å². The third-order valence-electron chi connectivity index (χ3n) is 3.98. The Balaban J connectivity index is 2.07. The number of nitrogens with two attached hydrogens (primary N) is 2. The van der Waals surface area contributed by atoms with Gasteiger partial charge in [-0.2, -0.15) is 0 Å². The maximum Gasteiger partial charge on any atom is 0.240 e. The minimum absolute atomic E-state index is 0.0499. The number of ketones is 1. The first-order valence-corrected chi connectivity index (χ1v) is 8.86. The van der Waals surface area contributed by atoms with E-state index in [2.05, 4.69) is 9.97 Å². The summed E-state index contributed by atoms with van der Waals surface area (Å²) in [5.41, 5.74) is 11.8. The van der Waals surface area contributed by atoms with Gasteiger partial charge in [-0.25, -0.2) is 13.8 Å². The third-order valence-corrected chi connectivity index (χ3v) is 5.05. The van der Waals surface area contributed by atoms with Crippen LogP contribution in [0.3, 0.4) is 0 Å². The van der Waals surface area contributed by atoms with Crippen LogP contribution in [0.4, 0.5) is 25.4 Å². The molecule has 28 heavy (non-hydrogen) atoms. The average molecular weight is 403 g/mol. The number of rotatable bonds is 6. The van der Waals surface area contributed by atoms with Gasteiger partial charge in [-0.05, 0) is 31.2 Å². The first-order chi connectivity index (χ1) is 13.3. The molecule has 0 saturated carbocycles. The van der Waals surface area contributed by atoms with Crippen molar-refractivity contribution in [1.82, 2.24) is 9.97 Å². The zero-order chi connectivity index (χ0) is 20.4. The van der Waals surface area contributed by atoms with Crippen molar-refractivity contribution in [1.29, 1.82) is 0 Å². The lowest BCUT2D eigenvalue weighted by Crippen LogP contribution is -2.40. The molecule has 0 spiro atoms. The predicted octanol–water partition coefficient (Wildman–Crippen LogP) is 2.64. The van der Waals surface area contributed by atoms with Crippen LogP contribution >= 0.6 is 11.3 Å². The van der Waals surface area contributed by atoms with Crippen molar-refractivity contribution < 1.29 is 18.4 Å². The molecule has 0 unspecified atom stereocenters. The summed E-state index contributed by atoms with van der Waals surface area (Å²) in [5, 5.41) is 0.146. The van der Waals surface area contributed by atoms with Gasteiger partial charge in [0, 0.05) is 29.7 Å².